The predicted molar refractivity (Wildman–Crippen MR) is 77.0 cm³/mol. The van der Waals surface area contributed by atoms with Crippen LogP contribution >= 0.6 is 0 Å². The molecule has 1 aromatic heterocycles. The quantitative estimate of drug-likeness (QED) is 0.747. The summed E-state index contributed by atoms with van der Waals surface area (Å²) in [6, 6.07) is -0.843. The van der Waals surface area contributed by atoms with Gasteiger partial charge < -0.3 is 20.3 Å². The molecule has 0 saturated heterocycles. The SMILES string of the molecule is CCC(CC)(NC(=O)NC(C)c1c(C)noc1C)C(=O)O. The van der Waals surface area contributed by atoms with Crippen LogP contribution in [0, 0.1) is 13.8 Å². The van der Waals surface area contributed by atoms with Crippen molar-refractivity contribution in [3.63, 3.8) is 0 Å². The Morgan fingerprint density at radius 3 is 2.29 bits per heavy atom. The molecule has 3 N–H and O–H groups in total. The Hall–Kier alpha value is -2.05. The lowest BCUT2D eigenvalue weighted by Gasteiger charge is -2.28. The lowest BCUT2D eigenvalue weighted by Crippen LogP contribution is -2.56. The summed E-state index contributed by atoms with van der Waals surface area (Å²) in [4.78, 5) is 23.4. The summed E-state index contributed by atoms with van der Waals surface area (Å²) in [6.07, 6.45) is 0.623. The lowest BCUT2D eigenvalue weighted by molar-refractivity contribution is -0.144. The number of carboxylic acid groups (broad SMARTS) is 1. The molecule has 0 aliphatic carbocycles. The summed E-state index contributed by atoms with van der Waals surface area (Å²) in [5.41, 5.74) is 0.262. The smallest absolute Gasteiger partial charge is 0.329 e. The Balaban J connectivity index is 2.80. The zero-order valence-corrected chi connectivity index (χ0v) is 13.1. The first-order chi connectivity index (χ1) is 9.77. The molecule has 0 fully saturated rings. The number of nitrogens with one attached hydrogen (secondary N) is 2. The number of aromatic nitrogens is 1. The van der Waals surface area contributed by atoms with Crippen molar-refractivity contribution < 1.29 is 19.2 Å². The average Bonchev–Trinajstić information content (AvgIpc) is 2.75. The first-order valence-corrected chi connectivity index (χ1v) is 7.02. The van der Waals surface area contributed by atoms with Crippen LogP contribution in [-0.2, 0) is 4.79 Å². The standard InChI is InChI=1S/C14H23N3O4/c1-6-14(7-2,12(18)19)16-13(20)15-8(3)11-9(4)17-21-10(11)5/h8H,6-7H2,1-5H3,(H,18,19)(H2,15,16,20). The first-order valence-electron chi connectivity index (χ1n) is 7.02. The number of amides is 2. The van der Waals surface area contributed by atoms with E-state index in [1.54, 1.807) is 34.6 Å². The number of carboxylic acids is 1. The minimum Gasteiger partial charge on any atom is -0.480 e. The molecule has 118 valence electrons. The molecule has 0 saturated carbocycles. The van der Waals surface area contributed by atoms with Gasteiger partial charge in [0.25, 0.3) is 0 Å². The summed E-state index contributed by atoms with van der Waals surface area (Å²) in [6.45, 7) is 8.82. The van der Waals surface area contributed by atoms with Crippen LogP contribution in [0.2, 0.25) is 0 Å². The van der Waals surface area contributed by atoms with Crippen molar-refractivity contribution in [1.82, 2.24) is 15.8 Å². The number of hydrogen-bond donors (Lipinski definition) is 3. The van der Waals surface area contributed by atoms with E-state index in [-0.39, 0.29) is 6.04 Å². The highest BCUT2D eigenvalue weighted by molar-refractivity contribution is 5.86. The van der Waals surface area contributed by atoms with Gasteiger partial charge in [-0.2, -0.15) is 0 Å². The van der Waals surface area contributed by atoms with Crippen LogP contribution in [0.4, 0.5) is 4.79 Å². The maximum Gasteiger partial charge on any atom is 0.329 e. The molecule has 2 amide bonds. The third-order valence-electron chi connectivity index (χ3n) is 3.84. The molecule has 0 bridgehead atoms. The maximum atomic E-state index is 12.1. The van der Waals surface area contributed by atoms with Crippen LogP contribution in [0.15, 0.2) is 4.52 Å². The van der Waals surface area contributed by atoms with Gasteiger partial charge in [0.1, 0.15) is 11.3 Å². The molecule has 21 heavy (non-hydrogen) atoms. The van der Waals surface area contributed by atoms with Gasteiger partial charge in [-0.3, -0.25) is 0 Å². The largest absolute Gasteiger partial charge is 0.480 e. The Morgan fingerprint density at radius 1 is 1.33 bits per heavy atom. The molecule has 0 spiro atoms. The van der Waals surface area contributed by atoms with E-state index in [1.807, 2.05) is 0 Å². The Morgan fingerprint density at radius 2 is 1.90 bits per heavy atom. The lowest BCUT2D eigenvalue weighted by atomic mass is 9.93. The van der Waals surface area contributed by atoms with Crippen molar-refractivity contribution in [2.45, 2.75) is 59.0 Å². The van der Waals surface area contributed by atoms with Gasteiger partial charge in [-0.05, 0) is 33.6 Å². The normalized spacial score (nSPS) is 12.8. The van der Waals surface area contributed by atoms with Crippen molar-refractivity contribution in [3.8, 4) is 0 Å². The molecule has 7 heteroatoms. The highest BCUT2D eigenvalue weighted by Gasteiger charge is 2.36. The second-order valence-electron chi connectivity index (χ2n) is 5.15. The summed E-state index contributed by atoms with van der Waals surface area (Å²) in [7, 11) is 0. The molecule has 1 heterocycles. The van der Waals surface area contributed by atoms with Crippen LogP contribution in [0.3, 0.4) is 0 Å². The van der Waals surface area contributed by atoms with Crippen LogP contribution in [0.25, 0.3) is 0 Å². The Kier molecular flexibility index (Phi) is 5.34. The fourth-order valence-electron chi connectivity index (χ4n) is 2.41. The molecule has 1 unspecified atom stereocenters. The van der Waals surface area contributed by atoms with Crippen molar-refractivity contribution in [2.75, 3.05) is 0 Å². The monoisotopic (exact) mass is 297 g/mol. The minimum atomic E-state index is -1.25. The number of carbonyl (C=O) groups excluding carboxylic acids is 1. The van der Waals surface area contributed by atoms with Gasteiger partial charge in [-0.15, -0.1) is 0 Å². The van der Waals surface area contributed by atoms with Crippen molar-refractivity contribution in [2.24, 2.45) is 0 Å². The summed E-state index contributed by atoms with van der Waals surface area (Å²) >= 11 is 0. The van der Waals surface area contributed by atoms with E-state index in [0.29, 0.717) is 24.3 Å². The molecule has 0 radical (unpaired) electrons. The van der Waals surface area contributed by atoms with Crippen molar-refractivity contribution in [3.05, 3.63) is 17.0 Å². The summed E-state index contributed by atoms with van der Waals surface area (Å²) in [5.74, 6) is -0.400. The molecule has 1 rings (SSSR count). The van der Waals surface area contributed by atoms with Crippen LogP contribution in [0.5, 0.6) is 0 Å². The van der Waals surface area contributed by atoms with Crippen molar-refractivity contribution >= 4 is 12.0 Å². The summed E-state index contributed by atoms with van der Waals surface area (Å²) in [5, 5.41) is 18.4. The molecular formula is C14H23N3O4. The Bertz CT molecular complexity index is 501. The summed E-state index contributed by atoms with van der Waals surface area (Å²) < 4.78 is 5.06. The number of aryl methyl sites for hydroxylation is 2. The van der Waals surface area contributed by atoms with Crippen LogP contribution in [0.1, 0.15) is 56.7 Å². The van der Waals surface area contributed by atoms with Crippen molar-refractivity contribution in [1.29, 1.82) is 0 Å². The van der Waals surface area contributed by atoms with Gasteiger partial charge in [0.2, 0.25) is 0 Å². The van der Waals surface area contributed by atoms with E-state index in [0.717, 1.165) is 5.56 Å². The number of carbonyl (C=O) groups is 2. The minimum absolute atomic E-state index is 0.311. The molecule has 1 aromatic rings. The second-order valence-corrected chi connectivity index (χ2v) is 5.15. The van der Waals surface area contributed by atoms with Gasteiger partial charge in [0.05, 0.1) is 11.7 Å². The van der Waals surface area contributed by atoms with Gasteiger partial charge in [-0.1, -0.05) is 19.0 Å². The topological polar surface area (TPSA) is 104 Å². The number of hydrogen-bond acceptors (Lipinski definition) is 4. The van der Waals surface area contributed by atoms with E-state index in [1.165, 1.54) is 0 Å². The highest BCUT2D eigenvalue weighted by atomic mass is 16.5. The van der Waals surface area contributed by atoms with Crippen LogP contribution < -0.4 is 10.6 Å². The number of nitrogens with zero attached hydrogens (tertiary/aromatic N) is 1. The molecule has 1 atom stereocenters. The van der Waals surface area contributed by atoms with Gasteiger partial charge in [-0.25, -0.2) is 9.59 Å². The number of urea groups is 1. The number of rotatable bonds is 6. The van der Waals surface area contributed by atoms with Crippen LogP contribution in [-0.4, -0.2) is 27.8 Å². The predicted octanol–water partition coefficient (Wildman–Crippen LogP) is 2.30. The molecule has 0 aliphatic heterocycles. The fraction of sp³-hybridized carbons (Fsp3) is 0.643. The third kappa shape index (κ3) is 3.53. The van der Waals surface area contributed by atoms with Gasteiger partial charge in [0.15, 0.2) is 0 Å². The molecule has 0 aromatic carbocycles. The van der Waals surface area contributed by atoms with E-state index in [9.17, 15) is 14.7 Å². The zero-order valence-electron chi connectivity index (χ0n) is 13.1. The Labute approximate surface area is 124 Å². The molecular weight excluding hydrogens is 274 g/mol. The zero-order chi connectivity index (χ0) is 16.2. The third-order valence-corrected chi connectivity index (χ3v) is 3.84. The molecule has 0 aliphatic rings. The fourth-order valence-corrected chi connectivity index (χ4v) is 2.41. The van der Waals surface area contributed by atoms with E-state index >= 15 is 0 Å². The van der Waals surface area contributed by atoms with Gasteiger partial charge in [0, 0.05) is 5.56 Å². The maximum absolute atomic E-state index is 12.1. The van der Waals surface area contributed by atoms with E-state index < -0.39 is 17.5 Å². The van der Waals surface area contributed by atoms with E-state index in [2.05, 4.69) is 15.8 Å². The highest BCUT2D eigenvalue weighted by Crippen LogP contribution is 2.21. The average molecular weight is 297 g/mol. The first kappa shape index (κ1) is 17.0. The number of aliphatic carboxylic acids is 1. The second kappa shape index (κ2) is 6.60. The van der Waals surface area contributed by atoms with Gasteiger partial charge >= 0.3 is 12.0 Å². The molecule has 7 nitrogen and oxygen atoms in total. The van der Waals surface area contributed by atoms with E-state index in [4.69, 9.17) is 4.52 Å².